The van der Waals surface area contributed by atoms with Gasteiger partial charge < -0.3 is 15.6 Å². The molecular formula is C16H15N3O. The molecule has 2 amide bonds. The summed E-state index contributed by atoms with van der Waals surface area (Å²) in [5, 5.41) is 6.49. The van der Waals surface area contributed by atoms with Crippen LogP contribution < -0.4 is 10.6 Å². The lowest BCUT2D eigenvalue weighted by Crippen LogP contribution is -2.24. The van der Waals surface area contributed by atoms with Crippen molar-refractivity contribution in [3.8, 4) is 11.1 Å². The second kappa shape index (κ2) is 5.09. The molecule has 100 valence electrons. The number of amides is 2. The first-order chi connectivity index (χ1) is 9.76. The highest BCUT2D eigenvalue weighted by Crippen LogP contribution is 2.26. The van der Waals surface area contributed by atoms with E-state index < -0.39 is 0 Å². The van der Waals surface area contributed by atoms with Gasteiger partial charge in [0.1, 0.15) is 0 Å². The molecule has 0 radical (unpaired) electrons. The lowest BCUT2D eigenvalue weighted by atomic mass is 10.0. The SMILES string of the molecule is CNC(=O)Nc1cccc(-c2ccc3[nH]ccc3c2)c1. The first-order valence-corrected chi connectivity index (χ1v) is 6.42. The van der Waals surface area contributed by atoms with Gasteiger partial charge in [-0.1, -0.05) is 18.2 Å². The lowest BCUT2D eigenvalue weighted by molar-refractivity contribution is 0.254. The molecule has 0 atom stereocenters. The zero-order valence-electron chi connectivity index (χ0n) is 11.1. The van der Waals surface area contributed by atoms with Gasteiger partial charge in [-0.05, 0) is 46.8 Å². The predicted octanol–water partition coefficient (Wildman–Crippen LogP) is 3.59. The van der Waals surface area contributed by atoms with E-state index in [0.29, 0.717) is 0 Å². The van der Waals surface area contributed by atoms with Gasteiger partial charge in [-0.15, -0.1) is 0 Å². The van der Waals surface area contributed by atoms with E-state index in [1.807, 2.05) is 36.5 Å². The molecule has 0 aliphatic rings. The Bertz CT molecular complexity index is 761. The zero-order chi connectivity index (χ0) is 13.9. The second-order valence-corrected chi connectivity index (χ2v) is 4.56. The number of urea groups is 1. The van der Waals surface area contributed by atoms with Crippen molar-refractivity contribution in [2.24, 2.45) is 0 Å². The molecule has 0 bridgehead atoms. The second-order valence-electron chi connectivity index (χ2n) is 4.56. The van der Waals surface area contributed by atoms with Gasteiger partial charge in [0, 0.05) is 24.4 Å². The van der Waals surface area contributed by atoms with Gasteiger partial charge in [0.25, 0.3) is 0 Å². The molecule has 2 aromatic carbocycles. The van der Waals surface area contributed by atoms with Gasteiger partial charge in [0.15, 0.2) is 0 Å². The summed E-state index contributed by atoms with van der Waals surface area (Å²) in [4.78, 5) is 14.5. The van der Waals surface area contributed by atoms with Gasteiger partial charge in [-0.3, -0.25) is 0 Å². The number of rotatable bonds is 2. The number of aromatic amines is 1. The molecule has 3 aromatic rings. The molecule has 1 heterocycles. The third kappa shape index (κ3) is 2.36. The standard InChI is InChI=1S/C16H15N3O/c1-17-16(20)19-14-4-2-3-11(10-14)12-5-6-15-13(9-12)7-8-18-15/h2-10,18H,1H3,(H2,17,19,20). The van der Waals surface area contributed by atoms with Crippen LogP contribution >= 0.6 is 0 Å². The van der Waals surface area contributed by atoms with Crippen LogP contribution in [-0.4, -0.2) is 18.1 Å². The van der Waals surface area contributed by atoms with Gasteiger partial charge in [-0.2, -0.15) is 0 Å². The third-order valence-electron chi connectivity index (χ3n) is 3.23. The first kappa shape index (κ1) is 12.3. The molecule has 0 saturated carbocycles. The van der Waals surface area contributed by atoms with E-state index in [9.17, 15) is 4.79 Å². The molecular weight excluding hydrogens is 250 g/mol. The molecule has 3 N–H and O–H groups in total. The highest BCUT2D eigenvalue weighted by Gasteiger charge is 2.03. The summed E-state index contributed by atoms with van der Waals surface area (Å²) in [5.74, 6) is 0. The summed E-state index contributed by atoms with van der Waals surface area (Å²) in [6.07, 6.45) is 1.93. The minimum atomic E-state index is -0.219. The molecule has 0 unspecified atom stereocenters. The fourth-order valence-electron chi connectivity index (χ4n) is 2.20. The fourth-order valence-corrected chi connectivity index (χ4v) is 2.20. The van der Waals surface area contributed by atoms with Crippen LogP contribution in [0.1, 0.15) is 0 Å². The number of hydrogen-bond donors (Lipinski definition) is 3. The Labute approximate surface area is 116 Å². The number of fused-ring (bicyclic) bond motifs is 1. The van der Waals surface area contributed by atoms with Crippen LogP contribution in [0.2, 0.25) is 0 Å². The quantitative estimate of drug-likeness (QED) is 0.651. The summed E-state index contributed by atoms with van der Waals surface area (Å²) in [5.41, 5.74) is 4.09. The van der Waals surface area contributed by atoms with Crippen LogP contribution in [0, 0.1) is 0 Å². The first-order valence-electron chi connectivity index (χ1n) is 6.42. The maximum atomic E-state index is 11.3. The molecule has 0 fully saturated rings. The number of nitrogens with one attached hydrogen (secondary N) is 3. The monoisotopic (exact) mass is 265 g/mol. The van der Waals surface area contributed by atoms with E-state index in [2.05, 4.69) is 33.8 Å². The third-order valence-corrected chi connectivity index (χ3v) is 3.23. The summed E-state index contributed by atoms with van der Waals surface area (Å²) in [7, 11) is 1.60. The van der Waals surface area contributed by atoms with Crippen molar-refractivity contribution in [3.63, 3.8) is 0 Å². The topological polar surface area (TPSA) is 56.9 Å². The van der Waals surface area contributed by atoms with Gasteiger partial charge in [0.2, 0.25) is 0 Å². The van der Waals surface area contributed by atoms with Crippen molar-refractivity contribution in [2.45, 2.75) is 0 Å². The van der Waals surface area contributed by atoms with Crippen LogP contribution in [0.3, 0.4) is 0 Å². The number of H-pyrrole nitrogens is 1. The summed E-state index contributed by atoms with van der Waals surface area (Å²) in [6.45, 7) is 0. The number of aromatic nitrogens is 1. The van der Waals surface area contributed by atoms with E-state index in [1.165, 1.54) is 5.39 Å². The highest BCUT2D eigenvalue weighted by atomic mass is 16.2. The minimum absolute atomic E-state index is 0.219. The Balaban J connectivity index is 1.96. The fraction of sp³-hybridized carbons (Fsp3) is 0.0625. The van der Waals surface area contributed by atoms with Crippen LogP contribution in [0.4, 0.5) is 10.5 Å². The summed E-state index contributed by atoms with van der Waals surface area (Å²) >= 11 is 0. The number of carbonyl (C=O) groups is 1. The maximum absolute atomic E-state index is 11.3. The molecule has 0 saturated heterocycles. The van der Waals surface area contributed by atoms with Crippen LogP contribution in [-0.2, 0) is 0 Å². The van der Waals surface area contributed by atoms with Gasteiger partial charge in [-0.25, -0.2) is 4.79 Å². The van der Waals surface area contributed by atoms with Gasteiger partial charge in [0.05, 0.1) is 0 Å². The van der Waals surface area contributed by atoms with Crippen molar-refractivity contribution in [2.75, 3.05) is 12.4 Å². The molecule has 20 heavy (non-hydrogen) atoms. The van der Waals surface area contributed by atoms with E-state index in [4.69, 9.17) is 0 Å². The molecule has 0 aliphatic carbocycles. The van der Waals surface area contributed by atoms with Crippen molar-refractivity contribution >= 4 is 22.6 Å². The molecule has 3 rings (SSSR count). The number of anilines is 1. The van der Waals surface area contributed by atoms with Crippen LogP contribution in [0.15, 0.2) is 54.7 Å². The Morgan fingerprint density at radius 3 is 2.75 bits per heavy atom. The Morgan fingerprint density at radius 2 is 1.90 bits per heavy atom. The summed E-state index contributed by atoms with van der Waals surface area (Å²) in [6, 6.07) is 15.9. The predicted molar refractivity (Wildman–Crippen MR) is 81.8 cm³/mol. The summed E-state index contributed by atoms with van der Waals surface area (Å²) < 4.78 is 0. The Kier molecular flexibility index (Phi) is 3.13. The average Bonchev–Trinajstić information content (AvgIpc) is 2.94. The van der Waals surface area contributed by atoms with E-state index in [0.717, 1.165) is 22.3 Å². The van der Waals surface area contributed by atoms with Crippen LogP contribution in [0.25, 0.3) is 22.0 Å². The molecule has 0 spiro atoms. The molecule has 0 aliphatic heterocycles. The smallest absolute Gasteiger partial charge is 0.318 e. The van der Waals surface area contributed by atoms with Crippen molar-refractivity contribution in [3.05, 3.63) is 54.7 Å². The van der Waals surface area contributed by atoms with Gasteiger partial charge >= 0.3 is 6.03 Å². The lowest BCUT2D eigenvalue weighted by Gasteiger charge is -2.07. The van der Waals surface area contributed by atoms with Crippen molar-refractivity contribution < 1.29 is 4.79 Å². The van der Waals surface area contributed by atoms with E-state index in [1.54, 1.807) is 7.05 Å². The largest absolute Gasteiger partial charge is 0.361 e. The molecule has 1 aromatic heterocycles. The average molecular weight is 265 g/mol. The van der Waals surface area contributed by atoms with Crippen molar-refractivity contribution in [1.29, 1.82) is 0 Å². The zero-order valence-corrected chi connectivity index (χ0v) is 11.1. The number of hydrogen-bond acceptors (Lipinski definition) is 1. The number of benzene rings is 2. The highest BCUT2D eigenvalue weighted by molar-refractivity contribution is 5.90. The minimum Gasteiger partial charge on any atom is -0.361 e. The van der Waals surface area contributed by atoms with E-state index >= 15 is 0 Å². The molecule has 4 heteroatoms. The number of carbonyl (C=O) groups excluding carboxylic acids is 1. The van der Waals surface area contributed by atoms with Crippen LogP contribution in [0.5, 0.6) is 0 Å². The normalized spacial score (nSPS) is 10.4. The van der Waals surface area contributed by atoms with Crippen molar-refractivity contribution in [1.82, 2.24) is 10.3 Å². The Morgan fingerprint density at radius 1 is 1.05 bits per heavy atom. The van der Waals surface area contributed by atoms with E-state index in [-0.39, 0.29) is 6.03 Å². The molecule has 4 nitrogen and oxygen atoms in total. The Hall–Kier alpha value is -2.75. The maximum Gasteiger partial charge on any atom is 0.318 e.